The molecule has 11 heteroatoms. The van der Waals surface area contributed by atoms with Crippen LogP contribution in [0.3, 0.4) is 0 Å². The van der Waals surface area contributed by atoms with E-state index in [2.05, 4.69) is 15.3 Å². The average molecular weight is 466 g/mol. The monoisotopic (exact) mass is 466 g/mol. The Labute approximate surface area is 186 Å². The first-order valence-electron chi connectivity index (χ1n) is 10.5. The number of carbonyl (C=O) groups is 1. The van der Waals surface area contributed by atoms with E-state index < -0.39 is 29.6 Å². The van der Waals surface area contributed by atoms with Crippen LogP contribution in [0.15, 0.2) is 36.7 Å². The zero-order valence-corrected chi connectivity index (χ0v) is 17.7. The second-order valence-corrected chi connectivity index (χ2v) is 7.65. The molecular formula is C22H22F4N4O3. The molecule has 0 spiro atoms. The summed E-state index contributed by atoms with van der Waals surface area (Å²) in [5.74, 6) is -0.885. The van der Waals surface area contributed by atoms with E-state index in [0.717, 1.165) is 18.6 Å². The van der Waals surface area contributed by atoms with Crippen molar-refractivity contribution in [1.29, 1.82) is 0 Å². The largest absolute Gasteiger partial charge is 0.491 e. The number of halogens is 4. The Morgan fingerprint density at radius 2 is 2.15 bits per heavy atom. The molecule has 3 aromatic heterocycles. The zero-order chi connectivity index (χ0) is 23.6. The molecule has 1 aliphatic rings. The van der Waals surface area contributed by atoms with Crippen LogP contribution in [-0.4, -0.2) is 40.1 Å². The summed E-state index contributed by atoms with van der Waals surface area (Å²) in [5.41, 5.74) is -0.747. The van der Waals surface area contributed by atoms with E-state index in [4.69, 9.17) is 9.47 Å². The van der Waals surface area contributed by atoms with Gasteiger partial charge in [0.1, 0.15) is 34.6 Å². The molecule has 0 saturated carbocycles. The summed E-state index contributed by atoms with van der Waals surface area (Å²) in [4.78, 5) is 20.4. The highest BCUT2D eigenvalue weighted by atomic mass is 19.4. The van der Waals surface area contributed by atoms with E-state index in [-0.39, 0.29) is 29.7 Å². The third-order valence-corrected chi connectivity index (χ3v) is 5.29. The first kappa shape index (κ1) is 23.0. The molecule has 1 amide bonds. The van der Waals surface area contributed by atoms with E-state index in [1.165, 1.54) is 28.9 Å². The van der Waals surface area contributed by atoms with E-state index in [1.807, 2.05) is 0 Å². The molecule has 1 aliphatic heterocycles. The van der Waals surface area contributed by atoms with Gasteiger partial charge in [0.25, 0.3) is 5.91 Å². The van der Waals surface area contributed by atoms with Crippen molar-refractivity contribution in [2.75, 3.05) is 25.1 Å². The molecule has 1 N–H and O–H groups in total. The molecule has 3 aromatic rings. The van der Waals surface area contributed by atoms with Crippen LogP contribution in [-0.2, 0) is 10.9 Å². The minimum atomic E-state index is -4.68. The van der Waals surface area contributed by atoms with Crippen LogP contribution in [0, 0.1) is 5.92 Å². The molecule has 1 unspecified atom stereocenters. The molecule has 33 heavy (non-hydrogen) atoms. The molecule has 0 bridgehead atoms. The van der Waals surface area contributed by atoms with Gasteiger partial charge in [0.15, 0.2) is 0 Å². The molecule has 2 atom stereocenters. The maximum Gasteiger partial charge on any atom is 0.433 e. The number of rotatable bonds is 6. The molecule has 4 heterocycles. The number of carbonyl (C=O) groups excluding carboxylic acids is 1. The van der Waals surface area contributed by atoms with Crippen LogP contribution >= 0.6 is 0 Å². The number of aromatic nitrogens is 3. The Bertz CT molecular complexity index is 1140. The van der Waals surface area contributed by atoms with Crippen molar-refractivity contribution in [3.05, 3.63) is 53.7 Å². The Kier molecular flexibility index (Phi) is 6.50. The van der Waals surface area contributed by atoms with E-state index >= 15 is 4.39 Å². The molecule has 176 valence electrons. The van der Waals surface area contributed by atoms with E-state index in [1.54, 1.807) is 6.92 Å². The summed E-state index contributed by atoms with van der Waals surface area (Å²) < 4.78 is 66.3. The second kappa shape index (κ2) is 9.34. The standard InChI is InChI=1S/C22H22F4N4O3/c1-2-33-17-9-19-28-16(20(23)13-5-4-8-32-12-13)11-30(19)10-15(17)29-21(31)14-6-3-7-18(27-14)22(24,25)26/h3,6-7,9-11,13,20H,2,4-5,8,12H2,1H3,(H,29,31)/t13?,20-/m1/s1. The van der Waals surface area contributed by atoms with Gasteiger partial charge in [0, 0.05) is 31.0 Å². The molecule has 4 rings (SSSR count). The summed E-state index contributed by atoms with van der Waals surface area (Å²) in [6, 6.07) is 4.60. The number of ether oxygens (including phenoxy) is 2. The lowest BCUT2D eigenvalue weighted by molar-refractivity contribution is -0.141. The number of nitrogens with one attached hydrogen (secondary N) is 1. The Hall–Kier alpha value is -3.21. The Balaban J connectivity index is 1.62. The van der Waals surface area contributed by atoms with Crippen LogP contribution < -0.4 is 10.1 Å². The molecule has 0 aliphatic carbocycles. The van der Waals surface area contributed by atoms with E-state index in [0.29, 0.717) is 25.3 Å². The van der Waals surface area contributed by atoms with Crippen molar-refractivity contribution in [2.24, 2.45) is 5.92 Å². The highest BCUT2D eigenvalue weighted by Crippen LogP contribution is 2.34. The molecule has 7 nitrogen and oxygen atoms in total. The van der Waals surface area contributed by atoms with Crippen LogP contribution in [0.2, 0.25) is 0 Å². The summed E-state index contributed by atoms with van der Waals surface area (Å²) in [7, 11) is 0. The first-order chi connectivity index (χ1) is 15.8. The smallest absolute Gasteiger partial charge is 0.433 e. The quantitative estimate of drug-likeness (QED) is 0.527. The fourth-order valence-electron chi connectivity index (χ4n) is 3.68. The van der Waals surface area contributed by atoms with Gasteiger partial charge in [-0.05, 0) is 31.9 Å². The number of amides is 1. The SMILES string of the molecule is CCOc1cc2nc([C@H](F)C3CCCOC3)cn2cc1NC(=O)c1cccc(C(F)(F)F)n1. The topological polar surface area (TPSA) is 77.8 Å². The molecule has 1 saturated heterocycles. The lowest BCUT2D eigenvalue weighted by Gasteiger charge is -2.24. The van der Waals surface area contributed by atoms with Gasteiger partial charge in [-0.25, -0.2) is 14.4 Å². The Morgan fingerprint density at radius 3 is 2.85 bits per heavy atom. The van der Waals surface area contributed by atoms with Crippen molar-refractivity contribution in [1.82, 2.24) is 14.4 Å². The fraction of sp³-hybridized carbons (Fsp3) is 0.409. The van der Waals surface area contributed by atoms with Crippen molar-refractivity contribution < 1.29 is 31.8 Å². The number of hydrogen-bond donors (Lipinski definition) is 1. The van der Waals surface area contributed by atoms with Gasteiger partial charge < -0.3 is 19.2 Å². The fourth-order valence-corrected chi connectivity index (χ4v) is 3.68. The summed E-state index contributed by atoms with van der Waals surface area (Å²) >= 11 is 0. The average Bonchev–Trinajstić information content (AvgIpc) is 3.22. The predicted octanol–water partition coefficient (Wildman–Crippen LogP) is 4.84. The van der Waals surface area contributed by atoms with Crippen molar-refractivity contribution in [3.8, 4) is 5.75 Å². The summed E-state index contributed by atoms with van der Waals surface area (Å²) in [6.45, 7) is 2.95. The second-order valence-electron chi connectivity index (χ2n) is 7.65. The number of hydrogen-bond acceptors (Lipinski definition) is 5. The summed E-state index contributed by atoms with van der Waals surface area (Å²) in [5, 5.41) is 2.53. The summed E-state index contributed by atoms with van der Waals surface area (Å²) in [6.07, 6.45) is -1.51. The maximum atomic E-state index is 15.0. The number of imidazole rings is 1. The zero-order valence-electron chi connectivity index (χ0n) is 17.7. The number of alkyl halides is 4. The third kappa shape index (κ3) is 5.08. The predicted molar refractivity (Wildman–Crippen MR) is 111 cm³/mol. The van der Waals surface area contributed by atoms with Gasteiger partial charge in [-0.2, -0.15) is 13.2 Å². The number of fused-ring (bicyclic) bond motifs is 1. The van der Waals surface area contributed by atoms with Gasteiger partial charge in [-0.1, -0.05) is 6.07 Å². The van der Waals surface area contributed by atoms with Crippen LogP contribution in [0.1, 0.15) is 47.8 Å². The van der Waals surface area contributed by atoms with Gasteiger partial charge in [0.05, 0.1) is 18.9 Å². The van der Waals surface area contributed by atoms with Gasteiger partial charge >= 0.3 is 6.18 Å². The highest BCUT2D eigenvalue weighted by Gasteiger charge is 2.33. The molecule has 1 fully saturated rings. The first-order valence-corrected chi connectivity index (χ1v) is 10.5. The molecule has 0 aromatic carbocycles. The van der Waals surface area contributed by atoms with E-state index in [9.17, 15) is 18.0 Å². The third-order valence-electron chi connectivity index (χ3n) is 5.29. The minimum Gasteiger partial charge on any atom is -0.491 e. The normalized spacial score (nSPS) is 17.7. The number of pyridine rings is 2. The molecule has 0 radical (unpaired) electrons. The van der Waals surface area contributed by atoms with Crippen LogP contribution in [0.5, 0.6) is 5.75 Å². The number of nitrogens with zero attached hydrogens (tertiary/aromatic N) is 3. The van der Waals surface area contributed by atoms with Crippen LogP contribution in [0.4, 0.5) is 23.2 Å². The highest BCUT2D eigenvalue weighted by molar-refractivity contribution is 6.03. The lowest BCUT2D eigenvalue weighted by Crippen LogP contribution is -2.21. The molecular weight excluding hydrogens is 444 g/mol. The Morgan fingerprint density at radius 1 is 1.33 bits per heavy atom. The van der Waals surface area contributed by atoms with Crippen LogP contribution in [0.25, 0.3) is 5.65 Å². The lowest BCUT2D eigenvalue weighted by atomic mass is 9.95. The minimum absolute atomic E-state index is 0.189. The van der Waals surface area contributed by atoms with Gasteiger partial charge in [-0.15, -0.1) is 0 Å². The maximum absolute atomic E-state index is 15.0. The van der Waals surface area contributed by atoms with Gasteiger partial charge in [0.2, 0.25) is 0 Å². The van der Waals surface area contributed by atoms with Crippen molar-refractivity contribution in [2.45, 2.75) is 32.1 Å². The van der Waals surface area contributed by atoms with Crippen molar-refractivity contribution >= 4 is 17.2 Å². The van der Waals surface area contributed by atoms with Gasteiger partial charge in [-0.3, -0.25) is 4.79 Å². The van der Waals surface area contributed by atoms with Crippen molar-refractivity contribution in [3.63, 3.8) is 0 Å². The number of anilines is 1.